The van der Waals surface area contributed by atoms with Crippen LogP contribution in [-0.4, -0.2) is 72.9 Å². The number of hydrogen-bond donors (Lipinski definition) is 1. The van der Waals surface area contributed by atoms with Crippen molar-refractivity contribution in [3.8, 4) is 17.1 Å². The van der Waals surface area contributed by atoms with Gasteiger partial charge in [0.05, 0.1) is 17.1 Å². The largest absolute Gasteiger partial charge is 0.471 e. The van der Waals surface area contributed by atoms with E-state index < -0.39 is 10.0 Å². The molecule has 1 aromatic heterocycles. The van der Waals surface area contributed by atoms with Crippen LogP contribution in [0.3, 0.4) is 0 Å². The number of benzene rings is 2. The van der Waals surface area contributed by atoms with Gasteiger partial charge in [-0.1, -0.05) is 31.2 Å². The first-order chi connectivity index (χ1) is 17.2. The fourth-order valence-electron chi connectivity index (χ4n) is 4.79. The van der Waals surface area contributed by atoms with E-state index in [0.717, 1.165) is 23.2 Å². The van der Waals surface area contributed by atoms with Crippen LogP contribution in [-0.2, 0) is 10.0 Å². The number of aryl methyl sites for hydroxylation is 2. The molecular formula is C26H30ClN5O4S. The van der Waals surface area contributed by atoms with Gasteiger partial charge in [-0.15, -0.1) is 12.4 Å². The molecule has 2 aliphatic heterocycles. The molecule has 37 heavy (non-hydrogen) atoms. The van der Waals surface area contributed by atoms with Crippen LogP contribution in [0.4, 0.5) is 5.95 Å². The number of carbonyl (C=O) groups excluding carboxylic acids is 1. The molecule has 2 aliphatic rings. The minimum atomic E-state index is -4.05. The standard InChI is InChI=1S/C26H29N5O4S.ClH/c1-4-30-11-12-31-16-20(15-30)35-23-14-22(24-17(2)7-5-8-18(24)3)27-26(28-23)29-36(33,34)21-10-6-9-19(13-21)25(31)32;/h5-10,13-14,20H,4,11-12,15-16H2,1-3H3,(H,27,28,29);1H/t20-;/m1./s1. The number of nitrogens with one attached hydrogen (secondary N) is 1. The molecule has 1 N–H and O–H groups in total. The van der Waals surface area contributed by atoms with Crippen LogP contribution in [0, 0.1) is 13.8 Å². The number of likely N-dealkylation sites (N-methyl/N-ethyl adjacent to an activating group) is 1. The highest BCUT2D eigenvalue weighted by molar-refractivity contribution is 7.92. The van der Waals surface area contributed by atoms with Crippen molar-refractivity contribution in [3.05, 3.63) is 65.2 Å². The predicted octanol–water partition coefficient (Wildman–Crippen LogP) is 3.52. The number of aromatic nitrogens is 2. The molecule has 1 amide bonds. The van der Waals surface area contributed by atoms with Crippen LogP contribution < -0.4 is 9.46 Å². The van der Waals surface area contributed by atoms with Crippen LogP contribution in [0.1, 0.15) is 28.4 Å². The number of halogens is 1. The Bertz CT molecular complexity index is 1410. The first-order valence-corrected chi connectivity index (χ1v) is 13.5. The summed E-state index contributed by atoms with van der Waals surface area (Å²) >= 11 is 0. The van der Waals surface area contributed by atoms with E-state index >= 15 is 0 Å². The highest BCUT2D eigenvalue weighted by Gasteiger charge is 2.29. The van der Waals surface area contributed by atoms with Gasteiger partial charge in [0.15, 0.2) is 0 Å². The van der Waals surface area contributed by atoms with E-state index in [-0.39, 0.29) is 41.1 Å². The molecule has 5 rings (SSSR count). The van der Waals surface area contributed by atoms with E-state index in [1.165, 1.54) is 12.1 Å². The normalized spacial score (nSPS) is 19.2. The number of hydrogen-bond acceptors (Lipinski definition) is 7. The lowest BCUT2D eigenvalue weighted by atomic mass is 10.00. The average molecular weight is 544 g/mol. The van der Waals surface area contributed by atoms with Crippen molar-refractivity contribution in [3.63, 3.8) is 0 Å². The van der Waals surface area contributed by atoms with Gasteiger partial charge in [-0.05, 0) is 49.7 Å². The number of rotatable bonds is 2. The third-order valence-electron chi connectivity index (χ3n) is 6.65. The van der Waals surface area contributed by atoms with Crippen LogP contribution in [0.2, 0.25) is 0 Å². The van der Waals surface area contributed by atoms with E-state index in [2.05, 4.69) is 26.5 Å². The molecule has 1 fully saturated rings. The van der Waals surface area contributed by atoms with Gasteiger partial charge in [0.1, 0.15) is 6.10 Å². The second-order valence-corrected chi connectivity index (χ2v) is 10.9. The minimum Gasteiger partial charge on any atom is -0.471 e. The zero-order valence-electron chi connectivity index (χ0n) is 21.0. The van der Waals surface area contributed by atoms with E-state index in [1.54, 1.807) is 23.1 Å². The summed E-state index contributed by atoms with van der Waals surface area (Å²) in [5, 5.41) is 0. The lowest BCUT2D eigenvalue weighted by Crippen LogP contribution is -2.40. The Morgan fingerprint density at radius 2 is 1.76 bits per heavy atom. The monoisotopic (exact) mass is 543 g/mol. The second-order valence-electron chi connectivity index (χ2n) is 9.20. The summed E-state index contributed by atoms with van der Waals surface area (Å²) in [6.45, 7) is 9.05. The summed E-state index contributed by atoms with van der Waals surface area (Å²) in [6, 6.07) is 13.7. The molecule has 1 atom stereocenters. The van der Waals surface area contributed by atoms with Crippen molar-refractivity contribution in [2.75, 3.05) is 37.4 Å². The third-order valence-corrected chi connectivity index (χ3v) is 7.98. The zero-order valence-corrected chi connectivity index (χ0v) is 22.6. The molecule has 2 aromatic carbocycles. The highest BCUT2D eigenvalue weighted by Crippen LogP contribution is 2.30. The Morgan fingerprint density at radius 3 is 2.49 bits per heavy atom. The molecule has 9 nitrogen and oxygen atoms in total. The molecule has 0 radical (unpaired) electrons. The van der Waals surface area contributed by atoms with Gasteiger partial charge in [-0.25, -0.2) is 18.1 Å². The highest BCUT2D eigenvalue weighted by atomic mass is 35.5. The number of ether oxygens (including phenoxy) is 1. The minimum absolute atomic E-state index is 0. The van der Waals surface area contributed by atoms with Crippen LogP contribution in [0.15, 0.2) is 53.4 Å². The van der Waals surface area contributed by atoms with Crippen molar-refractivity contribution in [2.24, 2.45) is 0 Å². The maximum atomic E-state index is 13.4. The number of fused-ring (bicyclic) bond motifs is 6. The Labute approximate surface area is 223 Å². The summed E-state index contributed by atoms with van der Waals surface area (Å²) in [5.41, 5.74) is 3.77. The molecule has 196 valence electrons. The summed E-state index contributed by atoms with van der Waals surface area (Å²) in [5.74, 6) is -0.0625. The maximum absolute atomic E-state index is 13.4. The molecule has 3 aromatic rings. The van der Waals surface area contributed by atoms with Gasteiger partial charge in [0.25, 0.3) is 15.9 Å². The van der Waals surface area contributed by atoms with E-state index in [4.69, 9.17) is 4.74 Å². The van der Waals surface area contributed by atoms with Gasteiger partial charge in [0.2, 0.25) is 11.8 Å². The number of anilines is 1. The molecule has 0 unspecified atom stereocenters. The van der Waals surface area contributed by atoms with Crippen molar-refractivity contribution in [1.82, 2.24) is 19.8 Å². The second kappa shape index (κ2) is 10.6. The molecule has 11 heteroatoms. The third kappa shape index (κ3) is 5.56. The van der Waals surface area contributed by atoms with Gasteiger partial charge in [-0.2, -0.15) is 4.98 Å². The Balaban J connectivity index is 0.00000320. The smallest absolute Gasteiger partial charge is 0.264 e. The zero-order chi connectivity index (χ0) is 25.4. The van der Waals surface area contributed by atoms with E-state index in [1.807, 2.05) is 32.0 Å². The number of sulfonamides is 1. The molecule has 0 saturated carbocycles. The Morgan fingerprint density at radius 1 is 1.03 bits per heavy atom. The summed E-state index contributed by atoms with van der Waals surface area (Å²) in [7, 11) is -4.05. The molecule has 0 spiro atoms. The lowest BCUT2D eigenvalue weighted by Gasteiger charge is -2.25. The van der Waals surface area contributed by atoms with Crippen LogP contribution in [0.5, 0.6) is 5.88 Å². The molecule has 0 aliphatic carbocycles. The lowest BCUT2D eigenvalue weighted by molar-refractivity contribution is 0.0690. The molecule has 6 bridgehead atoms. The number of carbonyl (C=O) groups is 1. The van der Waals surface area contributed by atoms with Gasteiger partial charge < -0.3 is 9.64 Å². The van der Waals surface area contributed by atoms with Crippen molar-refractivity contribution >= 4 is 34.3 Å². The summed E-state index contributed by atoms with van der Waals surface area (Å²) in [6.07, 6.45) is -0.356. The topological polar surface area (TPSA) is 105 Å². The van der Waals surface area contributed by atoms with E-state index in [9.17, 15) is 13.2 Å². The first-order valence-electron chi connectivity index (χ1n) is 12.0. The van der Waals surface area contributed by atoms with Crippen molar-refractivity contribution in [2.45, 2.75) is 31.8 Å². The average Bonchev–Trinajstić information content (AvgIpc) is 3.05. The Hall–Kier alpha value is -3.21. The van der Waals surface area contributed by atoms with Crippen molar-refractivity contribution < 1.29 is 17.9 Å². The van der Waals surface area contributed by atoms with E-state index in [0.29, 0.717) is 37.4 Å². The summed E-state index contributed by atoms with van der Waals surface area (Å²) < 4.78 is 35.4. The van der Waals surface area contributed by atoms with Gasteiger partial charge in [0, 0.05) is 36.8 Å². The van der Waals surface area contributed by atoms with Crippen LogP contribution >= 0.6 is 12.4 Å². The molecule has 3 heterocycles. The fourth-order valence-corrected chi connectivity index (χ4v) is 5.78. The van der Waals surface area contributed by atoms with Crippen LogP contribution in [0.25, 0.3) is 11.3 Å². The fraction of sp³-hybridized carbons (Fsp3) is 0.346. The quantitative estimate of drug-likeness (QED) is 0.527. The molecule has 1 saturated heterocycles. The summed E-state index contributed by atoms with van der Waals surface area (Å²) in [4.78, 5) is 26.3. The van der Waals surface area contributed by atoms with Gasteiger partial charge in [-0.3, -0.25) is 9.69 Å². The SMILES string of the molecule is CCN1CCN2C[C@@H](C1)Oc1cc(-c3c(C)cccc3C)nc(n1)NS(=O)(=O)c1cccc(c1)C2=O.Cl. The van der Waals surface area contributed by atoms with Gasteiger partial charge >= 0.3 is 0 Å². The number of amides is 1. The first kappa shape index (κ1) is 26.8. The number of nitrogens with zero attached hydrogens (tertiary/aromatic N) is 4. The Kier molecular flexibility index (Phi) is 7.72. The maximum Gasteiger partial charge on any atom is 0.264 e. The molecular weight excluding hydrogens is 514 g/mol. The predicted molar refractivity (Wildman–Crippen MR) is 144 cm³/mol. The van der Waals surface area contributed by atoms with Crippen molar-refractivity contribution in [1.29, 1.82) is 0 Å².